The molecule has 1 heterocycles. The van der Waals surface area contributed by atoms with Gasteiger partial charge in [-0.05, 0) is 24.5 Å². The molecule has 0 aromatic carbocycles. The fraction of sp³-hybridized carbons (Fsp3) is 0.500. The molecule has 0 spiro atoms. The van der Waals surface area contributed by atoms with Crippen molar-refractivity contribution in [2.24, 2.45) is 5.92 Å². The van der Waals surface area contributed by atoms with Crippen molar-refractivity contribution in [3.8, 4) is 0 Å². The third-order valence-corrected chi connectivity index (χ3v) is 2.33. The fourth-order valence-corrected chi connectivity index (χ4v) is 1.55. The zero-order valence-corrected chi connectivity index (χ0v) is 10.2. The summed E-state index contributed by atoms with van der Waals surface area (Å²) in [5.74, 6) is 0.122. The van der Waals surface area contributed by atoms with Crippen molar-refractivity contribution >= 4 is 11.6 Å². The number of nitrogens with one attached hydrogen (secondary N) is 1. The van der Waals surface area contributed by atoms with Crippen LogP contribution in [0.1, 0.15) is 30.8 Å². The lowest BCUT2D eigenvalue weighted by atomic mass is 10.0. The molecule has 5 nitrogen and oxygen atoms in total. The van der Waals surface area contributed by atoms with Crippen LogP contribution in [0.3, 0.4) is 0 Å². The molecule has 1 aromatic rings. The van der Waals surface area contributed by atoms with Gasteiger partial charge in [0.25, 0.3) is 5.91 Å². The van der Waals surface area contributed by atoms with Gasteiger partial charge in [0.1, 0.15) is 5.69 Å². The minimum Gasteiger partial charge on any atom is -0.397 e. The SMILES string of the molecule is CC(C)CC(CO)NC(=O)c1ccc(N)cn1. The average Bonchev–Trinajstić information content (AvgIpc) is 2.28. The van der Waals surface area contributed by atoms with E-state index in [4.69, 9.17) is 10.8 Å². The van der Waals surface area contributed by atoms with E-state index in [0.29, 0.717) is 17.3 Å². The van der Waals surface area contributed by atoms with E-state index in [0.717, 1.165) is 6.42 Å². The second-order valence-corrected chi connectivity index (χ2v) is 4.46. The van der Waals surface area contributed by atoms with E-state index in [1.165, 1.54) is 6.20 Å². The average molecular weight is 237 g/mol. The van der Waals surface area contributed by atoms with Gasteiger partial charge in [0, 0.05) is 0 Å². The Balaban J connectivity index is 2.61. The summed E-state index contributed by atoms with van der Waals surface area (Å²) in [4.78, 5) is 15.7. The molecule has 0 aliphatic rings. The van der Waals surface area contributed by atoms with Crippen molar-refractivity contribution in [3.63, 3.8) is 0 Å². The molecule has 4 N–H and O–H groups in total. The maximum Gasteiger partial charge on any atom is 0.270 e. The Morgan fingerprint density at radius 2 is 2.24 bits per heavy atom. The van der Waals surface area contributed by atoms with Crippen LogP contribution in [0.2, 0.25) is 0 Å². The number of rotatable bonds is 5. The molecule has 5 heteroatoms. The number of hydrogen-bond acceptors (Lipinski definition) is 4. The Morgan fingerprint density at radius 3 is 2.71 bits per heavy atom. The Hall–Kier alpha value is -1.62. The Morgan fingerprint density at radius 1 is 1.53 bits per heavy atom. The molecule has 0 aliphatic carbocycles. The summed E-state index contributed by atoms with van der Waals surface area (Å²) < 4.78 is 0. The van der Waals surface area contributed by atoms with Gasteiger partial charge in [-0.25, -0.2) is 4.98 Å². The number of carbonyl (C=O) groups is 1. The van der Waals surface area contributed by atoms with E-state index in [1.54, 1.807) is 12.1 Å². The van der Waals surface area contributed by atoms with Crippen LogP contribution in [0.25, 0.3) is 0 Å². The molecule has 0 saturated carbocycles. The summed E-state index contributed by atoms with van der Waals surface area (Å²) in [7, 11) is 0. The molecule has 1 rings (SSSR count). The van der Waals surface area contributed by atoms with Gasteiger partial charge in [0.05, 0.1) is 24.5 Å². The number of pyridine rings is 1. The van der Waals surface area contributed by atoms with Gasteiger partial charge in [-0.15, -0.1) is 0 Å². The number of hydrogen-bond donors (Lipinski definition) is 3. The van der Waals surface area contributed by atoms with Crippen molar-refractivity contribution < 1.29 is 9.90 Å². The molecule has 94 valence electrons. The minimum absolute atomic E-state index is 0.0705. The third-order valence-electron chi connectivity index (χ3n) is 2.33. The monoisotopic (exact) mass is 237 g/mol. The van der Waals surface area contributed by atoms with Gasteiger partial charge in [0.2, 0.25) is 0 Å². The predicted octanol–water partition coefficient (Wildman–Crippen LogP) is 0.801. The van der Waals surface area contributed by atoms with Crippen molar-refractivity contribution in [1.82, 2.24) is 10.3 Å². The van der Waals surface area contributed by atoms with Crippen LogP contribution < -0.4 is 11.1 Å². The zero-order valence-electron chi connectivity index (χ0n) is 10.2. The first-order chi connectivity index (χ1) is 8.02. The van der Waals surface area contributed by atoms with E-state index < -0.39 is 0 Å². The maximum atomic E-state index is 11.8. The van der Waals surface area contributed by atoms with Crippen LogP contribution in [0, 0.1) is 5.92 Å². The van der Waals surface area contributed by atoms with Gasteiger partial charge in [0.15, 0.2) is 0 Å². The van der Waals surface area contributed by atoms with Crippen LogP contribution in [-0.4, -0.2) is 28.6 Å². The zero-order chi connectivity index (χ0) is 12.8. The standard InChI is InChI=1S/C12H19N3O2/c1-8(2)5-10(7-16)15-12(17)11-4-3-9(13)6-14-11/h3-4,6,8,10,16H,5,7,13H2,1-2H3,(H,15,17). The molecule has 1 aromatic heterocycles. The maximum absolute atomic E-state index is 11.8. The van der Waals surface area contributed by atoms with E-state index in [1.807, 2.05) is 13.8 Å². The molecule has 0 aliphatic heterocycles. The summed E-state index contributed by atoms with van der Waals surface area (Å²) in [6, 6.07) is 2.95. The van der Waals surface area contributed by atoms with Gasteiger partial charge in [-0.1, -0.05) is 13.8 Å². The smallest absolute Gasteiger partial charge is 0.270 e. The summed E-state index contributed by atoms with van der Waals surface area (Å²) >= 11 is 0. The highest BCUT2D eigenvalue weighted by Crippen LogP contribution is 2.06. The lowest BCUT2D eigenvalue weighted by Crippen LogP contribution is -2.38. The van der Waals surface area contributed by atoms with Crippen LogP contribution in [-0.2, 0) is 0 Å². The Bertz CT molecular complexity index is 363. The minimum atomic E-state index is -0.287. The second-order valence-electron chi connectivity index (χ2n) is 4.46. The van der Waals surface area contributed by atoms with Gasteiger partial charge >= 0.3 is 0 Å². The molecule has 0 fully saturated rings. The Kier molecular flexibility index (Phi) is 4.90. The number of amides is 1. The lowest BCUT2D eigenvalue weighted by molar-refractivity contribution is 0.0903. The molecule has 17 heavy (non-hydrogen) atoms. The van der Waals surface area contributed by atoms with Crippen LogP contribution in [0.4, 0.5) is 5.69 Å². The number of aromatic nitrogens is 1. The first kappa shape index (κ1) is 13.4. The number of carbonyl (C=O) groups excluding carboxylic acids is 1. The highest BCUT2D eigenvalue weighted by molar-refractivity contribution is 5.92. The Labute approximate surface area is 101 Å². The lowest BCUT2D eigenvalue weighted by Gasteiger charge is -2.17. The molecule has 1 amide bonds. The second kappa shape index (κ2) is 6.20. The first-order valence-electron chi connectivity index (χ1n) is 5.66. The van der Waals surface area contributed by atoms with Gasteiger partial charge in [-0.3, -0.25) is 4.79 Å². The number of nitrogens with two attached hydrogens (primary N) is 1. The first-order valence-corrected chi connectivity index (χ1v) is 5.66. The highest BCUT2D eigenvalue weighted by atomic mass is 16.3. The summed E-state index contributed by atoms with van der Waals surface area (Å²) in [5, 5.41) is 11.9. The number of aliphatic hydroxyl groups is 1. The number of aliphatic hydroxyl groups excluding tert-OH is 1. The topological polar surface area (TPSA) is 88.2 Å². The van der Waals surface area contributed by atoms with Crippen LogP contribution in [0.15, 0.2) is 18.3 Å². The van der Waals surface area contributed by atoms with E-state index in [2.05, 4.69) is 10.3 Å². The summed E-state index contributed by atoms with van der Waals surface area (Å²) in [6.45, 7) is 4.01. The molecule has 1 unspecified atom stereocenters. The van der Waals surface area contributed by atoms with E-state index in [9.17, 15) is 4.79 Å². The normalized spacial score (nSPS) is 12.5. The molecule has 0 bridgehead atoms. The van der Waals surface area contributed by atoms with Crippen molar-refractivity contribution in [2.45, 2.75) is 26.3 Å². The summed E-state index contributed by atoms with van der Waals surface area (Å²) in [5.41, 5.74) is 6.31. The fourth-order valence-electron chi connectivity index (χ4n) is 1.55. The third kappa shape index (κ3) is 4.40. The van der Waals surface area contributed by atoms with Crippen LogP contribution in [0.5, 0.6) is 0 Å². The quantitative estimate of drug-likeness (QED) is 0.706. The van der Waals surface area contributed by atoms with Gasteiger partial charge < -0.3 is 16.2 Å². The number of anilines is 1. The van der Waals surface area contributed by atoms with Crippen LogP contribution >= 0.6 is 0 Å². The molecular weight excluding hydrogens is 218 g/mol. The molecule has 1 atom stereocenters. The molecule has 0 radical (unpaired) electrons. The highest BCUT2D eigenvalue weighted by Gasteiger charge is 2.14. The van der Waals surface area contributed by atoms with Crippen molar-refractivity contribution in [1.29, 1.82) is 0 Å². The van der Waals surface area contributed by atoms with E-state index >= 15 is 0 Å². The van der Waals surface area contributed by atoms with Crippen molar-refractivity contribution in [3.05, 3.63) is 24.0 Å². The predicted molar refractivity (Wildman–Crippen MR) is 66.4 cm³/mol. The largest absolute Gasteiger partial charge is 0.397 e. The van der Waals surface area contributed by atoms with Crippen molar-refractivity contribution in [2.75, 3.05) is 12.3 Å². The van der Waals surface area contributed by atoms with E-state index in [-0.39, 0.29) is 18.6 Å². The molecule has 0 saturated heterocycles. The number of nitrogens with zero attached hydrogens (tertiary/aromatic N) is 1. The number of nitrogen functional groups attached to an aromatic ring is 1. The summed E-state index contributed by atoms with van der Waals surface area (Å²) in [6.07, 6.45) is 2.17. The molecular formula is C12H19N3O2. The van der Waals surface area contributed by atoms with Gasteiger partial charge in [-0.2, -0.15) is 0 Å².